The van der Waals surface area contributed by atoms with Gasteiger partial charge in [0, 0.05) is 51.0 Å². The Morgan fingerprint density at radius 3 is 2.57 bits per heavy atom. The first-order valence-corrected chi connectivity index (χ1v) is 12.6. The molecule has 1 N–H and O–H groups in total. The molecule has 0 bridgehead atoms. The van der Waals surface area contributed by atoms with Crippen molar-refractivity contribution in [2.75, 3.05) is 52.9 Å². The third-order valence-corrected chi connectivity index (χ3v) is 7.16. The van der Waals surface area contributed by atoms with Crippen LogP contribution in [0.15, 0.2) is 54.7 Å². The van der Waals surface area contributed by atoms with Crippen molar-refractivity contribution in [3.05, 3.63) is 71.8 Å². The minimum absolute atomic E-state index is 0.00990. The number of benzene rings is 1. The maximum absolute atomic E-state index is 13.2. The summed E-state index contributed by atoms with van der Waals surface area (Å²) in [7, 11) is 2.16. The topological polar surface area (TPSA) is 73.2 Å². The Hall–Kier alpha value is -3.23. The van der Waals surface area contributed by atoms with E-state index in [0.717, 1.165) is 63.3 Å². The molecule has 0 unspecified atom stereocenters. The van der Waals surface area contributed by atoms with Gasteiger partial charge in [-0.05, 0) is 57.1 Å². The summed E-state index contributed by atoms with van der Waals surface area (Å²) in [5.74, 6) is 0.609. The van der Waals surface area contributed by atoms with Crippen LogP contribution in [0.25, 0.3) is 5.52 Å². The van der Waals surface area contributed by atoms with E-state index in [-0.39, 0.29) is 17.9 Å². The summed E-state index contributed by atoms with van der Waals surface area (Å²) in [6.07, 6.45) is 4.60. The molecule has 8 nitrogen and oxygen atoms in total. The second-order valence-corrected chi connectivity index (χ2v) is 9.55. The molecule has 0 spiro atoms. The maximum Gasteiger partial charge on any atom is 0.272 e. The van der Waals surface area contributed by atoms with Crippen LogP contribution in [0, 0.1) is 0 Å². The van der Waals surface area contributed by atoms with Gasteiger partial charge in [0.25, 0.3) is 11.8 Å². The van der Waals surface area contributed by atoms with Gasteiger partial charge in [-0.25, -0.2) is 4.98 Å². The van der Waals surface area contributed by atoms with Crippen LogP contribution in [-0.2, 0) is 0 Å². The first-order valence-electron chi connectivity index (χ1n) is 12.6. The number of carbonyl (C=O) groups is 2. The Balaban J connectivity index is 1.29. The quantitative estimate of drug-likeness (QED) is 0.533. The van der Waals surface area contributed by atoms with Gasteiger partial charge in [-0.1, -0.05) is 24.3 Å². The molecule has 0 radical (unpaired) electrons. The Kier molecular flexibility index (Phi) is 7.11. The number of fused-ring (bicyclic) bond motifs is 1. The van der Waals surface area contributed by atoms with Crippen LogP contribution < -0.4 is 5.32 Å². The second-order valence-electron chi connectivity index (χ2n) is 9.55. The van der Waals surface area contributed by atoms with E-state index in [1.54, 1.807) is 0 Å². The molecule has 2 fully saturated rings. The van der Waals surface area contributed by atoms with Crippen molar-refractivity contribution in [3.63, 3.8) is 0 Å². The third kappa shape index (κ3) is 5.09. The van der Waals surface area contributed by atoms with Crippen molar-refractivity contribution in [3.8, 4) is 0 Å². The SMILES string of the molecule is CN1CCN(CCCNC(=O)c2nc([C@@H]3CCCN3C(=O)c3ccccc3)n3ccccc23)CC1. The number of rotatable bonds is 7. The number of pyridine rings is 1. The molecule has 5 rings (SSSR count). The van der Waals surface area contributed by atoms with Gasteiger partial charge in [-0.15, -0.1) is 0 Å². The molecule has 2 aliphatic heterocycles. The standard InChI is InChI=1S/C27H34N6O2/c1-30-17-19-31(20-18-30)14-8-13-28-26(34)24-22-11-5-6-15-32(22)25(29-24)23-12-7-16-33(23)27(35)21-9-3-2-4-10-21/h2-6,9-11,15,23H,7-8,12-14,16-20H2,1H3,(H,28,34)/t23-/m0/s1. The zero-order valence-corrected chi connectivity index (χ0v) is 20.4. The number of piperazine rings is 1. The van der Waals surface area contributed by atoms with E-state index in [1.807, 2.05) is 64.0 Å². The van der Waals surface area contributed by atoms with Crippen molar-refractivity contribution < 1.29 is 9.59 Å². The molecular weight excluding hydrogens is 440 g/mol. The summed E-state index contributed by atoms with van der Waals surface area (Å²) < 4.78 is 1.97. The number of likely N-dealkylation sites (tertiary alicyclic amines) is 1. The molecular formula is C27H34N6O2. The highest BCUT2D eigenvalue weighted by Crippen LogP contribution is 2.33. The summed E-state index contributed by atoms with van der Waals surface area (Å²) in [4.78, 5) is 37.9. The normalized spacial score (nSPS) is 19.3. The van der Waals surface area contributed by atoms with Gasteiger partial charge >= 0.3 is 0 Å². The Labute approximate surface area is 206 Å². The Bertz CT molecular complexity index is 1170. The molecule has 3 aromatic rings. The highest BCUT2D eigenvalue weighted by atomic mass is 16.2. The first-order chi connectivity index (χ1) is 17.1. The Morgan fingerprint density at radius 2 is 1.77 bits per heavy atom. The molecule has 0 saturated carbocycles. The van der Waals surface area contributed by atoms with Crippen LogP contribution in [0.1, 0.15) is 52.0 Å². The number of nitrogens with one attached hydrogen (secondary N) is 1. The fourth-order valence-corrected chi connectivity index (χ4v) is 5.15. The molecule has 184 valence electrons. The molecule has 35 heavy (non-hydrogen) atoms. The lowest BCUT2D eigenvalue weighted by atomic mass is 10.1. The van der Waals surface area contributed by atoms with Crippen LogP contribution in [0.5, 0.6) is 0 Å². The summed E-state index contributed by atoms with van der Waals surface area (Å²) in [6, 6.07) is 15.0. The minimum Gasteiger partial charge on any atom is -0.351 e. The molecule has 8 heteroatoms. The Morgan fingerprint density at radius 1 is 1.00 bits per heavy atom. The third-order valence-electron chi connectivity index (χ3n) is 7.16. The smallest absolute Gasteiger partial charge is 0.272 e. The largest absolute Gasteiger partial charge is 0.351 e. The van der Waals surface area contributed by atoms with Crippen molar-refractivity contribution in [1.82, 2.24) is 29.4 Å². The zero-order chi connectivity index (χ0) is 24.2. The second kappa shape index (κ2) is 10.6. The van der Waals surface area contributed by atoms with Crippen LogP contribution in [0.4, 0.5) is 0 Å². The fourth-order valence-electron chi connectivity index (χ4n) is 5.15. The van der Waals surface area contributed by atoms with Gasteiger partial charge in [0.05, 0.1) is 11.6 Å². The number of imidazole rings is 1. The van der Waals surface area contributed by atoms with Gasteiger partial charge in [0.1, 0.15) is 5.82 Å². The molecule has 2 amide bonds. The van der Waals surface area contributed by atoms with E-state index in [0.29, 0.717) is 24.3 Å². The number of aromatic nitrogens is 2. The van der Waals surface area contributed by atoms with Crippen molar-refractivity contribution in [2.24, 2.45) is 0 Å². The van der Waals surface area contributed by atoms with E-state index in [4.69, 9.17) is 4.98 Å². The van der Waals surface area contributed by atoms with Gasteiger partial charge in [-0.2, -0.15) is 0 Å². The fraction of sp³-hybridized carbons (Fsp3) is 0.444. The number of carbonyl (C=O) groups excluding carboxylic acids is 2. The van der Waals surface area contributed by atoms with E-state index in [1.165, 1.54) is 0 Å². The lowest BCUT2D eigenvalue weighted by molar-refractivity contribution is 0.0729. The minimum atomic E-state index is -0.156. The molecule has 1 aromatic carbocycles. The summed E-state index contributed by atoms with van der Waals surface area (Å²) in [6.45, 7) is 6.66. The predicted molar refractivity (Wildman–Crippen MR) is 136 cm³/mol. The molecule has 1 atom stereocenters. The highest BCUT2D eigenvalue weighted by molar-refractivity contribution is 5.99. The molecule has 0 aliphatic carbocycles. The number of hydrogen-bond donors (Lipinski definition) is 1. The average Bonchev–Trinajstić information content (AvgIpc) is 3.53. The highest BCUT2D eigenvalue weighted by Gasteiger charge is 2.34. The maximum atomic E-state index is 13.2. The average molecular weight is 475 g/mol. The number of hydrogen-bond acceptors (Lipinski definition) is 5. The molecule has 2 saturated heterocycles. The van der Waals surface area contributed by atoms with Gasteiger partial charge in [0.2, 0.25) is 0 Å². The van der Waals surface area contributed by atoms with Crippen LogP contribution in [0.3, 0.4) is 0 Å². The number of amides is 2. The van der Waals surface area contributed by atoms with Crippen molar-refractivity contribution in [1.29, 1.82) is 0 Å². The molecule has 4 heterocycles. The summed E-state index contributed by atoms with van der Waals surface area (Å²) in [5.41, 5.74) is 1.89. The van der Waals surface area contributed by atoms with Gasteiger partial charge in [-0.3, -0.25) is 9.59 Å². The van der Waals surface area contributed by atoms with E-state index in [2.05, 4.69) is 22.2 Å². The van der Waals surface area contributed by atoms with E-state index < -0.39 is 0 Å². The molecule has 2 aromatic heterocycles. The summed E-state index contributed by atoms with van der Waals surface area (Å²) >= 11 is 0. The van der Waals surface area contributed by atoms with E-state index in [9.17, 15) is 9.59 Å². The number of likely N-dealkylation sites (N-methyl/N-ethyl adjacent to an activating group) is 1. The van der Waals surface area contributed by atoms with Gasteiger partial charge in [0.15, 0.2) is 5.69 Å². The van der Waals surface area contributed by atoms with Crippen molar-refractivity contribution >= 4 is 17.3 Å². The zero-order valence-electron chi connectivity index (χ0n) is 20.4. The first kappa shape index (κ1) is 23.5. The summed E-state index contributed by atoms with van der Waals surface area (Å²) in [5, 5.41) is 3.07. The predicted octanol–water partition coefficient (Wildman–Crippen LogP) is 2.68. The lowest BCUT2D eigenvalue weighted by Crippen LogP contribution is -2.45. The monoisotopic (exact) mass is 474 g/mol. The van der Waals surface area contributed by atoms with Crippen LogP contribution in [-0.4, -0.2) is 88.8 Å². The van der Waals surface area contributed by atoms with Crippen LogP contribution >= 0.6 is 0 Å². The van der Waals surface area contributed by atoms with E-state index >= 15 is 0 Å². The van der Waals surface area contributed by atoms with Gasteiger partial charge < -0.3 is 24.4 Å². The van der Waals surface area contributed by atoms with Crippen LogP contribution in [0.2, 0.25) is 0 Å². The number of nitrogens with zero attached hydrogens (tertiary/aromatic N) is 5. The van der Waals surface area contributed by atoms with Crippen molar-refractivity contribution in [2.45, 2.75) is 25.3 Å². The molecule has 2 aliphatic rings. The lowest BCUT2D eigenvalue weighted by Gasteiger charge is -2.32.